The molecule has 3 N–H and O–H groups in total. The van der Waals surface area contributed by atoms with Crippen LogP contribution in [-0.4, -0.2) is 49.0 Å². The van der Waals surface area contributed by atoms with Crippen LogP contribution < -0.4 is 5.32 Å². The quantitative estimate of drug-likeness (QED) is 0.707. The molecule has 1 aromatic rings. The number of carbonyl (C=O) groups is 2. The minimum atomic E-state index is -1.25. The second-order valence-corrected chi connectivity index (χ2v) is 5.79. The van der Waals surface area contributed by atoms with Crippen LogP contribution in [0.1, 0.15) is 50.3 Å². The van der Waals surface area contributed by atoms with Gasteiger partial charge in [-0.1, -0.05) is 12.1 Å². The van der Waals surface area contributed by atoms with Gasteiger partial charge in [0.2, 0.25) is 0 Å². The highest BCUT2D eigenvalue weighted by molar-refractivity contribution is 5.86. The summed E-state index contributed by atoms with van der Waals surface area (Å²) >= 11 is 0. The normalized spacial score (nSPS) is 12.8. The van der Waals surface area contributed by atoms with Crippen molar-refractivity contribution in [2.75, 3.05) is 0 Å². The molecule has 0 bridgehead atoms. The van der Waals surface area contributed by atoms with E-state index in [-0.39, 0.29) is 24.5 Å². The van der Waals surface area contributed by atoms with Crippen molar-refractivity contribution in [2.24, 2.45) is 0 Å². The van der Waals surface area contributed by atoms with Crippen LogP contribution in [0.3, 0.4) is 0 Å². The average Bonchev–Trinajstić information content (AvgIpc) is 2.77. The summed E-state index contributed by atoms with van der Waals surface area (Å²) in [6.45, 7) is 6.94. The third kappa shape index (κ3) is 5.32. The van der Waals surface area contributed by atoms with Crippen molar-refractivity contribution in [1.29, 1.82) is 0 Å². The van der Waals surface area contributed by atoms with E-state index in [2.05, 4.69) is 15.6 Å². The zero-order valence-corrected chi connectivity index (χ0v) is 13.2. The SMILES string of the molecule is CCC(O)Cn1nnc(C(=O)O)c1CNC(=O)OC(C)(C)C. The van der Waals surface area contributed by atoms with Gasteiger partial charge in [0.1, 0.15) is 5.60 Å². The largest absolute Gasteiger partial charge is 0.476 e. The number of rotatable bonds is 6. The Labute approximate surface area is 128 Å². The van der Waals surface area contributed by atoms with Gasteiger partial charge in [-0.25, -0.2) is 14.3 Å². The molecule has 1 rings (SSSR count). The number of aliphatic hydroxyl groups excluding tert-OH is 1. The molecular weight excluding hydrogens is 292 g/mol. The van der Waals surface area contributed by atoms with Crippen molar-refractivity contribution in [3.05, 3.63) is 11.4 Å². The summed E-state index contributed by atoms with van der Waals surface area (Å²) in [4.78, 5) is 22.8. The number of nitrogens with zero attached hydrogens (tertiary/aromatic N) is 3. The number of carboxylic acids is 1. The van der Waals surface area contributed by atoms with Crippen molar-refractivity contribution in [3.63, 3.8) is 0 Å². The van der Waals surface area contributed by atoms with E-state index in [0.717, 1.165) is 0 Å². The second kappa shape index (κ2) is 7.21. The molecule has 0 fully saturated rings. The molecule has 0 radical (unpaired) electrons. The zero-order chi connectivity index (χ0) is 16.9. The lowest BCUT2D eigenvalue weighted by Crippen LogP contribution is -2.33. The van der Waals surface area contributed by atoms with E-state index >= 15 is 0 Å². The molecular formula is C13H22N4O5. The smallest absolute Gasteiger partial charge is 0.407 e. The maximum absolute atomic E-state index is 11.6. The van der Waals surface area contributed by atoms with Gasteiger partial charge in [-0.2, -0.15) is 0 Å². The van der Waals surface area contributed by atoms with Gasteiger partial charge in [0.15, 0.2) is 5.69 Å². The number of amides is 1. The van der Waals surface area contributed by atoms with Crippen LogP contribution in [-0.2, 0) is 17.8 Å². The maximum Gasteiger partial charge on any atom is 0.407 e. The number of nitrogens with one attached hydrogen (secondary N) is 1. The number of aromatic carboxylic acids is 1. The van der Waals surface area contributed by atoms with Crippen LogP contribution in [0.5, 0.6) is 0 Å². The first kappa shape index (κ1) is 17.9. The molecule has 0 aromatic carbocycles. The maximum atomic E-state index is 11.6. The Morgan fingerprint density at radius 2 is 2.05 bits per heavy atom. The van der Waals surface area contributed by atoms with Gasteiger partial charge in [0.05, 0.1) is 24.9 Å². The first-order valence-electron chi connectivity index (χ1n) is 6.94. The van der Waals surface area contributed by atoms with Crippen molar-refractivity contribution in [3.8, 4) is 0 Å². The van der Waals surface area contributed by atoms with Gasteiger partial charge < -0.3 is 20.3 Å². The minimum absolute atomic E-state index is 0.0993. The molecule has 0 saturated heterocycles. The van der Waals surface area contributed by atoms with E-state index in [1.165, 1.54) is 4.68 Å². The van der Waals surface area contributed by atoms with Crippen LogP contribution in [0, 0.1) is 0 Å². The summed E-state index contributed by atoms with van der Waals surface area (Å²) in [5, 5.41) is 28.5. The first-order chi connectivity index (χ1) is 10.1. The number of hydrogen-bond acceptors (Lipinski definition) is 6. The molecule has 0 saturated carbocycles. The fourth-order valence-electron chi connectivity index (χ4n) is 1.62. The summed E-state index contributed by atoms with van der Waals surface area (Å²) < 4.78 is 6.35. The van der Waals surface area contributed by atoms with Gasteiger partial charge >= 0.3 is 12.1 Å². The summed E-state index contributed by atoms with van der Waals surface area (Å²) in [6.07, 6.45) is -0.863. The molecule has 1 amide bonds. The first-order valence-corrected chi connectivity index (χ1v) is 6.94. The number of hydrogen-bond donors (Lipinski definition) is 3. The van der Waals surface area contributed by atoms with Crippen LogP contribution >= 0.6 is 0 Å². The Hall–Kier alpha value is -2.16. The lowest BCUT2D eigenvalue weighted by atomic mass is 10.2. The third-order valence-electron chi connectivity index (χ3n) is 2.69. The minimum Gasteiger partial charge on any atom is -0.476 e. The molecule has 1 heterocycles. The Bertz CT molecular complexity index is 535. The fourth-order valence-corrected chi connectivity index (χ4v) is 1.62. The Morgan fingerprint density at radius 3 is 2.55 bits per heavy atom. The van der Waals surface area contributed by atoms with Gasteiger partial charge in [-0.3, -0.25) is 0 Å². The number of aromatic nitrogens is 3. The number of carboxylic acid groups (broad SMARTS) is 1. The van der Waals surface area contributed by atoms with E-state index in [9.17, 15) is 14.7 Å². The molecule has 0 aliphatic heterocycles. The molecule has 1 unspecified atom stereocenters. The van der Waals surface area contributed by atoms with E-state index in [1.54, 1.807) is 27.7 Å². The van der Waals surface area contributed by atoms with E-state index in [4.69, 9.17) is 9.84 Å². The standard InChI is InChI=1S/C13H22N4O5/c1-5-8(18)7-17-9(10(11(19)20)15-16-17)6-14-12(21)22-13(2,3)4/h8,18H,5-7H2,1-4H3,(H,14,21)(H,19,20). The monoisotopic (exact) mass is 314 g/mol. The van der Waals surface area contributed by atoms with Crippen LogP contribution in [0.2, 0.25) is 0 Å². The highest BCUT2D eigenvalue weighted by Crippen LogP contribution is 2.10. The summed E-state index contributed by atoms with van der Waals surface area (Å²) in [6, 6.07) is 0. The summed E-state index contributed by atoms with van der Waals surface area (Å²) in [5.74, 6) is -1.25. The number of alkyl carbamates (subject to hydrolysis) is 1. The highest BCUT2D eigenvalue weighted by Gasteiger charge is 2.22. The van der Waals surface area contributed by atoms with Gasteiger partial charge in [0, 0.05) is 0 Å². The Balaban J connectivity index is 2.84. The molecule has 124 valence electrons. The molecule has 0 spiro atoms. The molecule has 0 aliphatic rings. The van der Waals surface area contributed by atoms with Crippen molar-refractivity contribution in [1.82, 2.24) is 20.3 Å². The highest BCUT2D eigenvalue weighted by atomic mass is 16.6. The summed E-state index contributed by atoms with van der Waals surface area (Å²) in [7, 11) is 0. The second-order valence-electron chi connectivity index (χ2n) is 5.79. The molecule has 9 nitrogen and oxygen atoms in total. The predicted molar refractivity (Wildman–Crippen MR) is 76.4 cm³/mol. The van der Waals surface area contributed by atoms with Gasteiger partial charge in [-0.05, 0) is 27.2 Å². The van der Waals surface area contributed by atoms with E-state index < -0.39 is 23.8 Å². The molecule has 0 aliphatic carbocycles. The molecule has 9 heteroatoms. The molecule has 1 aromatic heterocycles. The van der Waals surface area contributed by atoms with Crippen LogP contribution in [0.15, 0.2) is 0 Å². The number of ether oxygens (including phenoxy) is 1. The topological polar surface area (TPSA) is 127 Å². The van der Waals surface area contributed by atoms with Crippen molar-refractivity contribution >= 4 is 12.1 Å². The zero-order valence-electron chi connectivity index (χ0n) is 13.2. The fraction of sp³-hybridized carbons (Fsp3) is 0.692. The summed E-state index contributed by atoms with van der Waals surface area (Å²) in [5.41, 5.74) is -0.721. The number of carbonyl (C=O) groups excluding carboxylic acids is 1. The van der Waals surface area contributed by atoms with E-state index in [1.807, 2.05) is 0 Å². The lowest BCUT2D eigenvalue weighted by molar-refractivity contribution is 0.0519. The molecule has 22 heavy (non-hydrogen) atoms. The van der Waals surface area contributed by atoms with Crippen LogP contribution in [0.25, 0.3) is 0 Å². The van der Waals surface area contributed by atoms with Gasteiger partial charge in [0.25, 0.3) is 0 Å². The Kier molecular flexibility index (Phi) is 5.86. The van der Waals surface area contributed by atoms with Gasteiger partial charge in [-0.15, -0.1) is 5.10 Å². The predicted octanol–water partition coefficient (Wildman–Crippen LogP) is 0.772. The average molecular weight is 314 g/mol. The lowest BCUT2D eigenvalue weighted by Gasteiger charge is -2.19. The van der Waals surface area contributed by atoms with Crippen LogP contribution in [0.4, 0.5) is 4.79 Å². The Morgan fingerprint density at radius 1 is 1.41 bits per heavy atom. The van der Waals surface area contributed by atoms with Crippen molar-refractivity contribution in [2.45, 2.75) is 58.9 Å². The number of aliphatic hydroxyl groups is 1. The van der Waals surface area contributed by atoms with E-state index in [0.29, 0.717) is 6.42 Å². The van der Waals surface area contributed by atoms with Crippen molar-refractivity contribution < 1.29 is 24.5 Å². The third-order valence-corrected chi connectivity index (χ3v) is 2.69. The molecule has 1 atom stereocenters.